The van der Waals surface area contributed by atoms with Crippen LogP contribution < -0.4 is 0 Å². The molecule has 0 saturated carbocycles. The zero-order valence-electron chi connectivity index (χ0n) is 14.2. The number of nitrogens with zero attached hydrogens (tertiary/aromatic N) is 11. The van der Waals surface area contributed by atoms with Crippen LogP contribution in [0.25, 0.3) is 11.6 Å². The van der Waals surface area contributed by atoms with E-state index in [2.05, 4.69) is 41.6 Å². The van der Waals surface area contributed by atoms with Crippen LogP contribution in [0.1, 0.15) is 17.1 Å². The van der Waals surface area contributed by atoms with Gasteiger partial charge in [-0.1, -0.05) is 0 Å². The van der Waals surface area contributed by atoms with E-state index in [9.17, 15) is 5.26 Å². The second-order valence-electron chi connectivity index (χ2n) is 5.49. The Morgan fingerprint density at radius 1 is 1.12 bits per heavy atom. The maximum absolute atomic E-state index is 9.33. The van der Waals surface area contributed by atoms with Crippen LogP contribution in [-0.2, 0) is 7.05 Å². The number of hydrogen-bond donors (Lipinski definition) is 0. The Kier molecular flexibility index (Phi) is 3.51. The number of fused-ring (bicyclic) bond motifs is 1. The first-order valence-corrected chi connectivity index (χ1v) is 7.66. The number of azo groups is 1. The van der Waals surface area contributed by atoms with Gasteiger partial charge < -0.3 is 0 Å². The largest absolute Gasteiger partial charge is 0.252 e. The van der Waals surface area contributed by atoms with Gasteiger partial charge in [0.25, 0.3) is 5.95 Å². The smallest absolute Gasteiger partial charge is 0.247 e. The molecule has 0 atom stereocenters. The molecule has 4 rings (SSSR count). The quantitative estimate of drug-likeness (QED) is 0.521. The van der Waals surface area contributed by atoms with Gasteiger partial charge in [0.05, 0.1) is 11.9 Å². The highest BCUT2D eigenvalue weighted by atomic mass is 15.4. The summed E-state index contributed by atoms with van der Waals surface area (Å²) in [6, 6.07) is 3.74. The SMILES string of the molecule is Cc1nn2c(C)nn(C)c2c1N=Nc1c(C#N)cnn1-c1ncccn1. The van der Waals surface area contributed by atoms with Crippen molar-refractivity contribution in [1.29, 1.82) is 5.26 Å². The third-order valence-corrected chi connectivity index (χ3v) is 3.76. The fourth-order valence-electron chi connectivity index (χ4n) is 2.61. The van der Waals surface area contributed by atoms with E-state index in [0.29, 0.717) is 23.0 Å². The minimum absolute atomic E-state index is 0.247. The molecular weight excluding hydrogens is 334 g/mol. The van der Waals surface area contributed by atoms with Crippen molar-refractivity contribution in [1.82, 2.24) is 39.1 Å². The number of hydrogen-bond acceptors (Lipinski definition) is 8. The summed E-state index contributed by atoms with van der Waals surface area (Å²) >= 11 is 0. The van der Waals surface area contributed by atoms with Gasteiger partial charge in [-0.25, -0.2) is 14.6 Å². The maximum atomic E-state index is 9.33. The highest BCUT2D eigenvalue weighted by Crippen LogP contribution is 2.29. The molecule has 0 bridgehead atoms. The molecule has 4 aromatic heterocycles. The molecule has 4 heterocycles. The fraction of sp³-hybridized carbons (Fsp3) is 0.200. The predicted octanol–water partition coefficient (Wildman–Crippen LogP) is 1.95. The van der Waals surface area contributed by atoms with Crippen molar-refractivity contribution in [3.63, 3.8) is 0 Å². The van der Waals surface area contributed by atoms with Crippen molar-refractivity contribution in [3.8, 4) is 12.0 Å². The summed E-state index contributed by atoms with van der Waals surface area (Å²) in [7, 11) is 1.81. The van der Waals surface area contributed by atoms with E-state index in [1.165, 1.54) is 10.9 Å². The maximum Gasteiger partial charge on any atom is 0.252 e. The van der Waals surface area contributed by atoms with E-state index in [1.807, 2.05) is 20.9 Å². The molecule has 0 unspecified atom stereocenters. The van der Waals surface area contributed by atoms with E-state index in [-0.39, 0.29) is 11.4 Å². The first kappa shape index (κ1) is 15.6. The van der Waals surface area contributed by atoms with Crippen LogP contribution >= 0.6 is 0 Å². The molecule has 0 aromatic carbocycles. The van der Waals surface area contributed by atoms with Gasteiger partial charge in [0, 0.05) is 19.4 Å². The van der Waals surface area contributed by atoms with E-state index in [0.717, 1.165) is 5.82 Å². The Morgan fingerprint density at radius 2 is 1.88 bits per heavy atom. The van der Waals surface area contributed by atoms with Gasteiger partial charge in [-0.2, -0.15) is 29.8 Å². The normalized spacial score (nSPS) is 11.5. The first-order valence-electron chi connectivity index (χ1n) is 7.66. The third kappa shape index (κ3) is 2.32. The monoisotopic (exact) mass is 347 g/mol. The topological polar surface area (TPSA) is 127 Å². The molecule has 11 heteroatoms. The van der Waals surface area contributed by atoms with Crippen molar-refractivity contribution in [2.45, 2.75) is 13.8 Å². The average Bonchev–Trinajstić information content (AvgIpc) is 3.28. The van der Waals surface area contributed by atoms with Crippen molar-refractivity contribution >= 4 is 17.2 Å². The third-order valence-electron chi connectivity index (χ3n) is 3.76. The second-order valence-corrected chi connectivity index (χ2v) is 5.49. The Hall–Kier alpha value is -3.94. The molecule has 0 fully saturated rings. The van der Waals surface area contributed by atoms with Crippen LogP contribution in [0.15, 0.2) is 34.9 Å². The molecule has 26 heavy (non-hydrogen) atoms. The van der Waals surface area contributed by atoms with Gasteiger partial charge in [-0.05, 0) is 19.9 Å². The second kappa shape index (κ2) is 5.85. The van der Waals surface area contributed by atoms with Gasteiger partial charge in [-0.3, -0.25) is 0 Å². The zero-order valence-corrected chi connectivity index (χ0v) is 14.2. The lowest BCUT2D eigenvalue weighted by Crippen LogP contribution is -2.01. The van der Waals surface area contributed by atoms with Gasteiger partial charge >= 0.3 is 0 Å². The molecule has 0 aliphatic heterocycles. The lowest BCUT2D eigenvalue weighted by Gasteiger charge is -2.00. The Bertz CT molecular complexity index is 1170. The van der Waals surface area contributed by atoms with E-state index in [4.69, 9.17) is 0 Å². The van der Waals surface area contributed by atoms with E-state index in [1.54, 1.807) is 27.7 Å². The molecule has 4 aromatic rings. The van der Waals surface area contributed by atoms with Gasteiger partial charge in [-0.15, -0.1) is 10.2 Å². The van der Waals surface area contributed by atoms with Crippen molar-refractivity contribution in [2.24, 2.45) is 17.3 Å². The van der Waals surface area contributed by atoms with Gasteiger partial charge in [0.1, 0.15) is 17.5 Å². The summed E-state index contributed by atoms with van der Waals surface area (Å²) in [5.41, 5.74) is 2.25. The van der Waals surface area contributed by atoms with Crippen LogP contribution in [0.3, 0.4) is 0 Å². The molecule has 0 radical (unpaired) electrons. The molecule has 11 nitrogen and oxygen atoms in total. The summed E-state index contributed by atoms with van der Waals surface area (Å²) in [5.74, 6) is 1.29. The van der Waals surface area contributed by atoms with Crippen LogP contribution in [0.2, 0.25) is 0 Å². The lowest BCUT2D eigenvalue weighted by molar-refractivity contribution is 0.777. The standard InChI is InChI=1S/C15H13N11/c1-9-12(14-24(3)23-10(2)25(14)22-9)20-21-13-11(7-16)8-19-26(13)15-17-5-4-6-18-15/h4-6,8H,1-3H3. The van der Waals surface area contributed by atoms with Crippen LogP contribution in [-0.4, -0.2) is 39.1 Å². The minimum atomic E-state index is 0.247. The number of aromatic nitrogens is 8. The van der Waals surface area contributed by atoms with Crippen molar-refractivity contribution in [3.05, 3.63) is 41.7 Å². The summed E-state index contributed by atoms with van der Waals surface area (Å²) in [5, 5.41) is 30.8. The number of rotatable bonds is 3. The van der Waals surface area contributed by atoms with E-state index >= 15 is 0 Å². The zero-order chi connectivity index (χ0) is 18.3. The molecule has 0 saturated heterocycles. The van der Waals surface area contributed by atoms with Gasteiger partial charge in [0.15, 0.2) is 17.2 Å². The number of nitriles is 1. The summed E-state index contributed by atoms with van der Waals surface area (Å²) in [6.45, 7) is 3.69. The molecular formula is C15H13N11. The first-order chi connectivity index (χ1) is 12.6. The summed E-state index contributed by atoms with van der Waals surface area (Å²) in [4.78, 5) is 8.27. The van der Waals surface area contributed by atoms with E-state index < -0.39 is 0 Å². The molecule has 0 aliphatic rings. The highest BCUT2D eigenvalue weighted by Gasteiger charge is 2.17. The lowest BCUT2D eigenvalue weighted by atomic mass is 10.4. The van der Waals surface area contributed by atoms with Crippen LogP contribution in [0, 0.1) is 25.2 Å². The molecule has 0 aliphatic carbocycles. The average molecular weight is 347 g/mol. The predicted molar refractivity (Wildman–Crippen MR) is 89.5 cm³/mol. The highest BCUT2D eigenvalue weighted by molar-refractivity contribution is 5.67. The fourth-order valence-corrected chi connectivity index (χ4v) is 2.61. The van der Waals surface area contributed by atoms with Crippen LogP contribution in [0.5, 0.6) is 0 Å². The molecule has 128 valence electrons. The van der Waals surface area contributed by atoms with Gasteiger partial charge in [0.2, 0.25) is 0 Å². The molecule has 0 amide bonds. The summed E-state index contributed by atoms with van der Waals surface area (Å²) in [6.07, 6.45) is 4.57. The Morgan fingerprint density at radius 3 is 2.62 bits per heavy atom. The summed E-state index contributed by atoms with van der Waals surface area (Å²) < 4.78 is 4.76. The minimum Gasteiger partial charge on any atom is -0.247 e. The number of aryl methyl sites for hydroxylation is 3. The molecule has 0 spiro atoms. The Labute approximate surface area is 147 Å². The Balaban J connectivity index is 1.85. The van der Waals surface area contributed by atoms with Crippen molar-refractivity contribution in [2.75, 3.05) is 0 Å². The molecule has 0 N–H and O–H groups in total. The van der Waals surface area contributed by atoms with Crippen LogP contribution in [0.4, 0.5) is 11.5 Å². The van der Waals surface area contributed by atoms with Crippen molar-refractivity contribution < 1.29 is 0 Å².